The Balaban J connectivity index is 1.91. The molecular formula is C21H14O6. The average molecular weight is 362 g/mol. The third-order valence-corrected chi connectivity index (χ3v) is 4.98. The van der Waals surface area contributed by atoms with Crippen molar-refractivity contribution in [2.24, 2.45) is 0 Å². The second-order valence-electron chi connectivity index (χ2n) is 6.42. The fourth-order valence-corrected chi connectivity index (χ4v) is 3.89. The summed E-state index contributed by atoms with van der Waals surface area (Å²) in [5.74, 6) is 0.627. The number of hydrogen-bond donors (Lipinski definition) is 2. The summed E-state index contributed by atoms with van der Waals surface area (Å²) in [5.41, 5.74) is 0.873. The van der Waals surface area contributed by atoms with Gasteiger partial charge in [0.25, 0.3) is 0 Å². The number of hydrogen-bond acceptors (Lipinski definition) is 6. The Kier molecular flexibility index (Phi) is 2.98. The predicted molar refractivity (Wildman–Crippen MR) is 94.6 cm³/mol. The quantitative estimate of drug-likeness (QED) is 0.643. The van der Waals surface area contributed by atoms with Crippen molar-refractivity contribution in [1.29, 1.82) is 0 Å². The van der Waals surface area contributed by atoms with Gasteiger partial charge in [-0.2, -0.15) is 0 Å². The molecule has 0 aliphatic carbocycles. The first-order valence-corrected chi connectivity index (χ1v) is 8.30. The summed E-state index contributed by atoms with van der Waals surface area (Å²) < 4.78 is 17.2. The lowest BCUT2D eigenvalue weighted by atomic mass is 9.77. The predicted octanol–water partition coefficient (Wildman–Crippen LogP) is 3.67. The van der Waals surface area contributed by atoms with Crippen molar-refractivity contribution in [3.63, 3.8) is 0 Å². The van der Waals surface area contributed by atoms with Crippen LogP contribution in [0.1, 0.15) is 27.0 Å². The Morgan fingerprint density at radius 3 is 2.11 bits per heavy atom. The maximum atomic E-state index is 12.8. The largest absolute Gasteiger partial charge is 0.508 e. The monoisotopic (exact) mass is 362 g/mol. The van der Waals surface area contributed by atoms with Crippen molar-refractivity contribution >= 4 is 5.97 Å². The molecule has 0 bridgehead atoms. The minimum absolute atomic E-state index is 0.0164. The van der Waals surface area contributed by atoms with Gasteiger partial charge >= 0.3 is 5.97 Å². The van der Waals surface area contributed by atoms with Crippen LogP contribution in [0.3, 0.4) is 0 Å². The van der Waals surface area contributed by atoms with E-state index in [2.05, 4.69) is 0 Å². The van der Waals surface area contributed by atoms with E-state index in [1.54, 1.807) is 30.3 Å². The zero-order chi connectivity index (χ0) is 18.8. The van der Waals surface area contributed by atoms with Crippen LogP contribution in [0.2, 0.25) is 0 Å². The van der Waals surface area contributed by atoms with Gasteiger partial charge in [0.15, 0.2) is 5.60 Å². The van der Waals surface area contributed by atoms with E-state index in [1.807, 2.05) is 0 Å². The van der Waals surface area contributed by atoms with E-state index in [4.69, 9.17) is 14.2 Å². The second-order valence-corrected chi connectivity index (χ2v) is 6.42. The summed E-state index contributed by atoms with van der Waals surface area (Å²) in [6.45, 7) is 0. The second kappa shape index (κ2) is 5.17. The average Bonchev–Trinajstić information content (AvgIpc) is 2.95. The Morgan fingerprint density at radius 2 is 1.52 bits per heavy atom. The number of fused-ring (bicyclic) bond motifs is 6. The molecule has 1 spiro atoms. The summed E-state index contributed by atoms with van der Waals surface area (Å²) >= 11 is 0. The van der Waals surface area contributed by atoms with Gasteiger partial charge in [-0.15, -0.1) is 0 Å². The van der Waals surface area contributed by atoms with Crippen molar-refractivity contribution < 1.29 is 29.2 Å². The van der Waals surface area contributed by atoms with Gasteiger partial charge in [0.05, 0.1) is 7.11 Å². The van der Waals surface area contributed by atoms with E-state index in [-0.39, 0.29) is 11.5 Å². The molecule has 6 heteroatoms. The van der Waals surface area contributed by atoms with Crippen LogP contribution in [-0.4, -0.2) is 23.3 Å². The molecule has 0 aromatic heterocycles. The lowest BCUT2D eigenvalue weighted by Gasteiger charge is -2.36. The molecule has 6 nitrogen and oxygen atoms in total. The highest BCUT2D eigenvalue weighted by Gasteiger charge is 2.54. The van der Waals surface area contributed by atoms with Crippen LogP contribution in [0.25, 0.3) is 0 Å². The molecule has 0 saturated heterocycles. The summed E-state index contributed by atoms with van der Waals surface area (Å²) in [6, 6.07) is 14.6. The number of ether oxygens (including phenoxy) is 3. The van der Waals surface area contributed by atoms with Crippen molar-refractivity contribution in [3.05, 3.63) is 76.9 Å². The Labute approximate surface area is 154 Å². The van der Waals surface area contributed by atoms with Crippen molar-refractivity contribution in [1.82, 2.24) is 0 Å². The van der Waals surface area contributed by atoms with E-state index in [0.717, 1.165) is 0 Å². The number of benzene rings is 3. The molecule has 0 fully saturated rings. The molecule has 0 radical (unpaired) electrons. The Hall–Kier alpha value is -3.67. The van der Waals surface area contributed by atoms with Crippen LogP contribution in [-0.2, 0) is 10.3 Å². The highest BCUT2D eigenvalue weighted by atomic mass is 16.6. The normalized spacial score (nSPS) is 15.4. The highest BCUT2D eigenvalue weighted by molar-refractivity contribution is 5.99. The van der Waals surface area contributed by atoms with E-state index in [1.165, 1.54) is 31.4 Å². The van der Waals surface area contributed by atoms with Gasteiger partial charge in [-0.3, -0.25) is 0 Å². The number of rotatable bonds is 1. The molecule has 3 aromatic rings. The van der Waals surface area contributed by atoms with Gasteiger partial charge in [-0.1, -0.05) is 12.1 Å². The summed E-state index contributed by atoms with van der Waals surface area (Å²) in [6.07, 6.45) is 0. The first-order chi connectivity index (χ1) is 13.0. The first kappa shape index (κ1) is 15.6. The molecule has 27 heavy (non-hydrogen) atoms. The number of methoxy groups -OCH3 is 1. The molecule has 2 heterocycles. The molecule has 0 amide bonds. The zero-order valence-electron chi connectivity index (χ0n) is 14.2. The van der Waals surface area contributed by atoms with Gasteiger partial charge in [0, 0.05) is 28.8 Å². The summed E-state index contributed by atoms with van der Waals surface area (Å²) in [5, 5.41) is 19.8. The molecule has 2 aliphatic heterocycles. The number of carbonyl (C=O) groups is 1. The summed E-state index contributed by atoms with van der Waals surface area (Å²) in [4.78, 5) is 12.8. The third kappa shape index (κ3) is 1.92. The van der Waals surface area contributed by atoms with Crippen LogP contribution in [0.4, 0.5) is 0 Å². The van der Waals surface area contributed by atoms with Crippen molar-refractivity contribution in [3.8, 4) is 28.7 Å². The van der Waals surface area contributed by atoms with E-state index in [9.17, 15) is 15.0 Å². The Bertz CT molecular complexity index is 1070. The minimum Gasteiger partial charge on any atom is -0.508 e. The van der Waals surface area contributed by atoms with Crippen molar-refractivity contribution in [2.75, 3.05) is 7.11 Å². The van der Waals surface area contributed by atoms with Crippen LogP contribution in [0.15, 0.2) is 54.6 Å². The molecule has 2 N–H and O–H groups in total. The number of phenolic OH excluding ortho intramolecular Hbond substituents is 2. The first-order valence-electron chi connectivity index (χ1n) is 8.30. The lowest BCUT2D eigenvalue weighted by Crippen LogP contribution is -2.32. The Morgan fingerprint density at radius 1 is 0.889 bits per heavy atom. The number of carbonyl (C=O) groups excluding carboxylic acids is 1. The molecule has 134 valence electrons. The van der Waals surface area contributed by atoms with E-state index >= 15 is 0 Å². The smallest absolute Gasteiger partial charge is 0.343 e. The van der Waals surface area contributed by atoms with Gasteiger partial charge in [-0.25, -0.2) is 4.79 Å². The van der Waals surface area contributed by atoms with Crippen molar-refractivity contribution in [2.45, 2.75) is 5.60 Å². The van der Waals surface area contributed by atoms with Crippen LogP contribution in [0.5, 0.6) is 28.7 Å². The fraction of sp³-hybridized carbons (Fsp3) is 0.0952. The third-order valence-electron chi connectivity index (χ3n) is 4.98. The van der Waals surface area contributed by atoms with Gasteiger partial charge in [-0.05, 0) is 30.3 Å². The molecule has 5 rings (SSSR count). The SMILES string of the molecule is COc1cccc2c1C(=O)OC21c2ccc(O)cc2Oc2cc(O)ccc21. The number of phenols is 2. The van der Waals surface area contributed by atoms with E-state index < -0.39 is 11.6 Å². The molecule has 0 saturated carbocycles. The molecule has 2 aliphatic rings. The zero-order valence-corrected chi connectivity index (χ0v) is 14.2. The van der Waals surface area contributed by atoms with Crippen LogP contribution in [0, 0.1) is 0 Å². The molecule has 0 unspecified atom stereocenters. The van der Waals surface area contributed by atoms with Gasteiger partial charge in [0.2, 0.25) is 0 Å². The number of esters is 1. The maximum absolute atomic E-state index is 12.8. The van der Waals surface area contributed by atoms with E-state index in [0.29, 0.717) is 39.5 Å². The standard InChI is InChI=1S/C21H14O6/c1-25-16-4-2-3-15-19(16)20(24)27-21(15)13-7-5-11(22)9-17(13)26-18-10-12(23)6-8-14(18)21/h2-10,22-23H,1H3. The molecular weight excluding hydrogens is 348 g/mol. The van der Waals surface area contributed by atoms with Gasteiger partial charge < -0.3 is 24.4 Å². The summed E-state index contributed by atoms with van der Waals surface area (Å²) in [7, 11) is 1.50. The van der Waals surface area contributed by atoms with Crippen LogP contribution < -0.4 is 9.47 Å². The molecule has 0 atom stereocenters. The maximum Gasteiger partial charge on any atom is 0.343 e. The van der Waals surface area contributed by atoms with Gasteiger partial charge in [0.1, 0.15) is 34.3 Å². The highest BCUT2D eigenvalue weighted by Crippen LogP contribution is 2.57. The lowest BCUT2D eigenvalue weighted by molar-refractivity contribution is 0.0223. The fourth-order valence-electron chi connectivity index (χ4n) is 3.89. The minimum atomic E-state index is -1.26. The molecule has 3 aromatic carbocycles. The topological polar surface area (TPSA) is 85.2 Å². The number of aromatic hydroxyl groups is 2. The van der Waals surface area contributed by atoms with Crippen LogP contribution >= 0.6 is 0 Å².